The van der Waals surface area contributed by atoms with E-state index >= 15 is 0 Å². The third-order valence-electron chi connectivity index (χ3n) is 4.70. The zero-order valence-corrected chi connectivity index (χ0v) is 17.2. The number of benzene rings is 2. The van der Waals surface area contributed by atoms with Crippen LogP contribution in [-0.2, 0) is 11.3 Å². The van der Waals surface area contributed by atoms with E-state index < -0.39 is 17.2 Å². The lowest BCUT2D eigenvalue weighted by atomic mass is 10.1. The van der Waals surface area contributed by atoms with Gasteiger partial charge in [-0.2, -0.15) is 9.78 Å². The Morgan fingerprint density at radius 1 is 1.10 bits per heavy atom. The maximum absolute atomic E-state index is 13.2. The van der Waals surface area contributed by atoms with Crippen molar-refractivity contribution in [2.24, 2.45) is 0 Å². The average molecular weight is 408 g/mol. The van der Waals surface area contributed by atoms with Gasteiger partial charge in [-0.1, -0.05) is 36.4 Å². The number of carbonyl (C=O) groups excluding carboxylic acids is 1. The van der Waals surface area contributed by atoms with Crippen molar-refractivity contribution in [2.75, 3.05) is 20.3 Å². The number of carbonyl (C=O) groups is 1. The zero-order chi connectivity index (χ0) is 21.7. The Morgan fingerprint density at radius 3 is 2.57 bits per heavy atom. The van der Waals surface area contributed by atoms with Gasteiger partial charge in [-0.25, -0.2) is 4.79 Å². The molecule has 1 aromatic heterocycles. The highest BCUT2D eigenvalue weighted by Crippen LogP contribution is 2.09. The van der Waals surface area contributed by atoms with Crippen LogP contribution in [0.3, 0.4) is 0 Å². The van der Waals surface area contributed by atoms with Gasteiger partial charge in [0.15, 0.2) is 0 Å². The van der Waals surface area contributed by atoms with Crippen molar-refractivity contribution in [2.45, 2.75) is 20.4 Å². The summed E-state index contributed by atoms with van der Waals surface area (Å²) in [7, 11) is 1.51. The highest BCUT2D eigenvalue weighted by atomic mass is 16.5. The summed E-state index contributed by atoms with van der Waals surface area (Å²) in [6, 6.07) is 14.6. The molecular formula is C22H24N4O4. The molecule has 0 aliphatic carbocycles. The van der Waals surface area contributed by atoms with Gasteiger partial charge in [0.1, 0.15) is 0 Å². The lowest BCUT2D eigenvalue weighted by Crippen LogP contribution is -2.46. The van der Waals surface area contributed by atoms with E-state index in [1.54, 1.807) is 18.2 Å². The van der Waals surface area contributed by atoms with Gasteiger partial charge in [0.05, 0.1) is 18.8 Å². The third-order valence-corrected chi connectivity index (χ3v) is 4.70. The number of hydrogen-bond acceptors (Lipinski definition) is 5. The molecule has 8 heteroatoms. The number of aromatic nitrogens is 3. The van der Waals surface area contributed by atoms with E-state index in [9.17, 15) is 14.4 Å². The first-order valence-corrected chi connectivity index (χ1v) is 9.55. The molecule has 0 unspecified atom stereocenters. The summed E-state index contributed by atoms with van der Waals surface area (Å²) in [5.41, 5.74) is 1.46. The summed E-state index contributed by atoms with van der Waals surface area (Å²) in [5, 5.41) is 6.70. The minimum Gasteiger partial charge on any atom is -0.383 e. The molecule has 3 aromatic rings. The second kappa shape index (κ2) is 9.32. The Balaban J connectivity index is 2.17. The lowest BCUT2D eigenvalue weighted by Gasteiger charge is -2.13. The van der Waals surface area contributed by atoms with Crippen LogP contribution < -0.4 is 16.6 Å². The molecule has 1 N–H and O–H groups in total. The van der Waals surface area contributed by atoms with Crippen LogP contribution in [0.25, 0.3) is 5.69 Å². The predicted octanol–water partition coefficient (Wildman–Crippen LogP) is 1.44. The van der Waals surface area contributed by atoms with Gasteiger partial charge in [-0.05, 0) is 42.7 Å². The second-order valence-electron chi connectivity index (χ2n) is 6.95. The predicted molar refractivity (Wildman–Crippen MR) is 113 cm³/mol. The monoisotopic (exact) mass is 408 g/mol. The van der Waals surface area contributed by atoms with Crippen molar-refractivity contribution < 1.29 is 9.53 Å². The lowest BCUT2D eigenvalue weighted by molar-refractivity contribution is 0.0927. The summed E-state index contributed by atoms with van der Waals surface area (Å²) in [5.74, 6) is -0.656. The Morgan fingerprint density at radius 2 is 1.87 bits per heavy atom. The van der Waals surface area contributed by atoms with Crippen molar-refractivity contribution in [3.05, 3.63) is 91.8 Å². The minimum atomic E-state index is -0.734. The first-order chi connectivity index (χ1) is 14.4. The van der Waals surface area contributed by atoms with Gasteiger partial charge in [-0.15, -0.1) is 0 Å². The molecule has 1 amide bonds. The van der Waals surface area contributed by atoms with Crippen LogP contribution in [0.2, 0.25) is 0 Å². The van der Waals surface area contributed by atoms with E-state index in [1.165, 1.54) is 7.11 Å². The molecule has 0 aliphatic rings. The molecule has 0 bridgehead atoms. The molecule has 0 fully saturated rings. The molecule has 1 heterocycles. The van der Waals surface area contributed by atoms with Crippen LogP contribution >= 0.6 is 0 Å². The average Bonchev–Trinajstić information content (AvgIpc) is 2.72. The molecule has 30 heavy (non-hydrogen) atoms. The van der Waals surface area contributed by atoms with Crippen LogP contribution in [0.5, 0.6) is 0 Å². The first kappa shape index (κ1) is 21.2. The smallest absolute Gasteiger partial charge is 0.352 e. The highest BCUT2D eigenvalue weighted by Gasteiger charge is 2.20. The minimum absolute atomic E-state index is 0.0387. The summed E-state index contributed by atoms with van der Waals surface area (Å²) in [6.07, 6.45) is 0. The molecule has 0 saturated heterocycles. The topological polar surface area (TPSA) is 95.2 Å². The van der Waals surface area contributed by atoms with Crippen LogP contribution in [0.15, 0.2) is 58.1 Å². The number of hydrogen-bond donors (Lipinski definition) is 1. The van der Waals surface area contributed by atoms with Crippen molar-refractivity contribution >= 4 is 5.91 Å². The highest BCUT2D eigenvalue weighted by molar-refractivity contribution is 5.91. The fraction of sp³-hybridized carbons (Fsp3) is 0.273. The SMILES string of the molecule is COCCNC(=O)c1nn(-c2cccc(C)c2)c(=O)n(Cc2ccccc2C)c1=O. The summed E-state index contributed by atoms with van der Waals surface area (Å²) < 4.78 is 7.07. The quantitative estimate of drug-likeness (QED) is 0.597. The first-order valence-electron chi connectivity index (χ1n) is 9.55. The number of rotatable bonds is 7. The number of aryl methyl sites for hydroxylation is 2. The molecule has 0 spiro atoms. The van der Waals surface area contributed by atoms with Crippen LogP contribution in [0.1, 0.15) is 27.2 Å². The number of amides is 1. The Hall–Kier alpha value is -3.52. The third kappa shape index (κ3) is 4.55. The number of nitrogens with zero attached hydrogens (tertiary/aromatic N) is 3. The van der Waals surface area contributed by atoms with Crippen molar-refractivity contribution in [1.29, 1.82) is 0 Å². The van der Waals surface area contributed by atoms with Gasteiger partial charge in [-0.3, -0.25) is 14.2 Å². The number of ether oxygens (including phenoxy) is 1. The van der Waals surface area contributed by atoms with Crippen LogP contribution in [0.4, 0.5) is 0 Å². The summed E-state index contributed by atoms with van der Waals surface area (Å²) in [4.78, 5) is 38.8. The van der Waals surface area contributed by atoms with E-state index in [4.69, 9.17) is 4.74 Å². The molecule has 0 atom stereocenters. The summed E-state index contributed by atoms with van der Waals surface area (Å²) in [6.45, 7) is 4.34. The molecule has 0 aliphatic heterocycles. The molecule has 0 radical (unpaired) electrons. The van der Waals surface area contributed by atoms with Crippen molar-refractivity contribution in [1.82, 2.24) is 19.7 Å². The molecular weight excluding hydrogens is 384 g/mol. The largest absolute Gasteiger partial charge is 0.383 e. The number of methoxy groups -OCH3 is 1. The van der Waals surface area contributed by atoms with E-state index in [0.717, 1.165) is 25.9 Å². The maximum atomic E-state index is 13.2. The van der Waals surface area contributed by atoms with E-state index in [1.807, 2.05) is 44.2 Å². The second-order valence-corrected chi connectivity index (χ2v) is 6.95. The fourth-order valence-electron chi connectivity index (χ4n) is 3.03. The molecule has 156 valence electrons. The molecule has 8 nitrogen and oxygen atoms in total. The van der Waals surface area contributed by atoms with E-state index in [0.29, 0.717) is 12.3 Å². The van der Waals surface area contributed by atoms with Crippen molar-refractivity contribution in [3.8, 4) is 5.69 Å². The zero-order valence-electron chi connectivity index (χ0n) is 17.2. The van der Waals surface area contributed by atoms with Crippen LogP contribution in [0, 0.1) is 13.8 Å². The Labute approximate surface area is 173 Å². The fourth-order valence-corrected chi connectivity index (χ4v) is 3.03. The summed E-state index contributed by atoms with van der Waals surface area (Å²) >= 11 is 0. The molecule has 0 saturated carbocycles. The maximum Gasteiger partial charge on any atom is 0.352 e. The van der Waals surface area contributed by atoms with Gasteiger partial charge < -0.3 is 10.1 Å². The standard InChI is InChI=1S/C22H24N4O4/c1-15-7-6-10-18(13-15)26-22(29)25(14-17-9-5-4-8-16(17)2)21(28)19(24-26)20(27)23-11-12-30-3/h4-10,13H,11-12,14H2,1-3H3,(H,23,27). The Bertz CT molecular complexity index is 1180. The van der Waals surface area contributed by atoms with Gasteiger partial charge in [0.2, 0.25) is 5.69 Å². The normalized spacial score (nSPS) is 10.8. The van der Waals surface area contributed by atoms with E-state index in [2.05, 4.69) is 10.4 Å². The van der Waals surface area contributed by atoms with Crippen LogP contribution in [-0.4, -0.2) is 40.5 Å². The van der Waals surface area contributed by atoms with Gasteiger partial charge >= 0.3 is 5.69 Å². The van der Waals surface area contributed by atoms with E-state index in [-0.39, 0.29) is 18.8 Å². The molecule has 3 rings (SSSR count). The molecule has 2 aromatic carbocycles. The van der Waals surface area contributed by atoms with Crippen molar-refractivity contribution in [3.63, 3.8) is 0 Å². The van der Waals surface area contributed by atoms with Gasteiger partial charge in [0.25, 0.3) is 11.5 Å². The number of nitrogens with one attached hydrogen (secondary N) is 1. The Kier molecular flexibility index (Phi) is 6.58. The van der Waals surface area contributed by atoms with Gasteiger partial charge in [0, 0.05) is 13.7 Å².